The predicted molar refractivity (Wildman–Crippen MR) is 49.7 cm³/mol. The van der Waals surface area contributed by atoms with Crippen LogP contribution in [0.25, 0.3) is 0 Å². The lowest BCUT2D eigenvalue weighted by atomic mass is 10.1. The first-order chi connectivity index (χ1) is 7.04. The number of halogens is 2. The normalized spacial score (nSPS) is 10.5. The summed E-state index contributed by atoms with van der Waals surface area (Å²) in [4.78, 5) is 14.6. The van der Waals surface area contributed by atoms with Gasteiger partial charge in [0.05, 0.1) is 13.5 Å². The highest BCUT2D eigenvalue weighted by Crippen LogP contribution is 2.21. The van der Waals surface area contributed by atoms with Crippen molar-refractivity contribution in [3.8, 4) is 0 Å². The summed E-state index contributed by atoms with van der Waals surface area (Å²) in [5.74, 6) is -0.552. The number of rotatable bonds is 3. The maximum absolute atomic E-state index is 12.5. The SMILES string of the molecule is COC(=O)Cc1cc(C)cnc1C(F)F. The van der Waals surface area contributed by atoms with E-state index in [-0.39, 0.29) is 17.7 Å². The van der Waals surface area contributed by atoms with Crippen LogP contribution in [-0.2, 0) is 16.0 Å². The molecule has 0 aliphatic rings. The Labute approximate surface area is 86.1 Å². The predicted octanol–water partition coefficient (Wildman–Crippen LogP) is 2.04. The van der Waals surface area contributed by atoms with E-state index >= 15 is 0 Å². The zero-order valence-electron chi connectivity index (χ0n) is 8.46. The van der Waals surface area contributed by atoms with E-state index < -0.39 is 12.4 Å². The van der Waals surface area contributed by atoms with Crippen LogP contribution in [0.2, 0.25) is 0 Å². The van der Waals surface area contributed by atoms with Gasteiger partial charge in [0.1, 0.15) is 5.69 Å². The molecule has 0 atom stereocenters. The number of hydrogen-bond acceptors (Lipinski definition) is 3. The van der Waals surface area contributed by atoms with E-state index in [9.17, 15) is 13.6 Å². The lowest BCUT2D eigenvalue weighted by Crippen LogP contribution is -2.08. The highest BCUT2D eigenvalue weighted by atomic mass is 19.3. The largest absolute Gasteiger partial charge is 0.469 e. The molecule has 3 nitrogen and oxygen atoms in total. The minimum absolute atomic E-state index is 0.176. The van der Waals surface area contributed by atoms with Crippen LogP contribution in [0.3, 0.4) is 0 Å². The Kier molecular flexibility index (Phi) is 3.71. The Morgan fingerprint density at radius 2 is 2.27 bits per heavy atom. The summed E-state index contributed by atoms with van der Waals surface area (Å²) in [6.45, 7) is 1.73. The van der Waals surface area contributed by atoms with Crippen molar-refractivity contribution in [3.63, 3.8) is 0 Å². The number of aromatic nitrogens is 1. The van der Waals surface area contributed by atoms with Gasteiger partial charge in [-0.1, -0.05) is 6.07 Å². The molecule has 0 aromatic carbocycles. The summed E-state index contributed by atoms with van der Waals surface area (Å²) in [5.41, 5.74) is 0.598. The molecule has 0 amide bonds. The fourth-order valence-electron chi connectivity index (χ4n) is 1.21. The molecule has 0 saturated carbocycles. The molecule has 82 valence electrons. The number of alkyl halides is 2. The van der Waals surface area contributed by atoms with Crippen molar-refractivity contribution in [2.75, 3.05) is 7.11 Å². The van der Waals surface area contributed by atoms with Crippen LogP contribution in [0.15, 0.2) is 12.3 Å². The van der Waals surface area contributed by atoms with Gasteiger partial charge in [-0.25, -0.2) is 8.78 Å². The van der Waals surface area contributed by atoms with Crippen molar-refractivity contribution in [1.29, 1.82) is 0 Å². The molecule has 0 saturated heterocycles. The quantitative estimate of drug-likeness (QED) is 0.724. The number of hydrogen-bond donors (Lipinski definition) is 0. The molecule has 0 fully saturated rings. The van der Waals surface area contributed by atoms with Gasteiger partial charge in [-0.05, 0) is 18.1 Å². The molecule has 0 radical (unpaired) electrons. The fourth-order valence-corrected chi connectivity index (χ4v) is 1.21. The van der Waals surface area contributed by atoms with Gasteiger partial charge in [-0.15, -0.1) is 0 Å². The summed E-state index contributed by atoms with van der Waals surface area (Å²) in [5, 5.41) is 0. The summed E-state index contributed by atoms with van der Waals surface area (Å²) in [6.07, 6.45) is -1.50. The second-order valence-electron chi connectivity index (χ2n) is 3.11. The highest BCUT2D eigenvalue weighted by Gasteiger charge is 2.17. The molecular weight excluding hydrogens is 204 g/mol. The van der Waals surface area contributed by atoms with Crippen LogP contribution in [0, 0.1) is 6.92 Å². The van der Waals surface area contributed by atoms with Crippen molar-refractivity contribution in [2.24, 2.45) is 0 Å². The van der Waals surface area contributed by atoms with Crippen LogP contribution in [0.1, 0.15) is 23.2 Å². The van der Waals surface area contributed by atoms with E-state index in [1.165, 1.54) is 19.4 Å². The molecule has 0 aliphatic carbocycles. The van der Waals surface area contributed by atoms with Gasteiger partial charge >= 0.3 is 5.97 Å². The summed E-state index contributed by atoms with van der Waals surface area (Å²) >= 11 is 0. The molecule has 1 rings (SSSR count). The number of aryl methyl sites for hydroxylation is 1. The van der Waals surface area contributed by atoms with Crippen LogP contribution in [0.4, 0.5) is 8.78 Å². The lowest BCUT2D eigenvalue weighted by molar-refractivity contribution is -0.139. The maximum Gasteiger partial charge on any atom is 0.310 e. The number of pyridine rings is 1. The second-order valence-corrected chi connectivity index (χ2v) is 3.11. The Bertz CT molecular complexity index is 366. The summed E-state index contributed by atoms with van der Waals surface area (Å²) in [6, 6.07) is 1.52. The van der Waals surface area contributed by atoms with Gasteiger partial charge in [-0.2, -0.15) is 0 Å². The van der Waals surface area contributed by atoms with Gasteiger partial charge in [0.25, 0.3) is 6.43 Å². The zero-order chi connectivity index (χ0) is 11.4. The number of carbonyl (C=O) groups is 1. The minimum atomic E-state index is -2.68. The van der Waals surface area contributed by atoms with Crippen LogP contribution >= 0.6 is 0 Å². The molecule has 0 unspecified atom stereocenters. The van der Waals surface area contributed by atoms with Crippen molar-refractivity contribution >= 4 is 5.97 Å². The Morgan fingerprint density at radius 1 is 1.60 bits per heavy atom. The van der Waals surface area contributed by atoms with Gasteiger partial charge < -0.3 is 4.74 Å². The van der Waals surface area contributed by atoms with Crippen molar-refractivity contribution < 1.29 is 18.3 Å². The standard InChI is InChI=1S/C10H11F2NO2/c1-6-3-7(4-8(14)15-2)9(10(11)12)13-5-6/h3,5,10H,4H2,1-2H3. The zero-order valence-corrected chi connectivity index (χ0v) is 8.46. The number of esters is 1. The third kappa shape index (κ3) is 2.97. The average Bonchev–Trinajstić information content (AvgIpc) is 2.17. The highest BCUT2D eigenvalue weighted by molar-refractivity contribution is 5.72. The molecule has 15 heavy (non-hydrogen) atoms. The molecule has 1 heterocycles. The minimum Gasteiger partial charge on any atom is -0.469 e. The number of nitrogens with zero attached hydrogens (tertiary/aromatic N) is 1. The van der Waals surface area contributed by atoms with Crippen LogP contribution < -0.4 is 0 Å². The number of carbonyl (C=O) groups excluding carboxylic acids is 1. The average molecular weight is 215 g/mol. The Hall–Kier alpha value is -1.52. The van der Waals surface area contributed by atoms with E-state index in [1.807, 2.05) is 0 Å². The number of ether oxygens (including phenoxy) is 1. The van der Waals surface area contributed by atoms with Crippen molar-refractivity contribution in [1.82, 2.24) is 4.98 Å². The third-order valence-corrected chi connectivity index (χ3v) is 1.91. The molecule has 5 heteroatoms. The fraction of sp³-hybridized carbons (Fsp3) is 0.400. The molecule has 0 N–H and O–H groups in total. The van der Waals surface area contributed by atoms with Crippen LogP contribution in [-0.4, -0.2) is 18.1 Å². The van der Waals surface area contributed by atoms with Crippen molar-refractivity contribution in [2.45, 2.75) is 19.8 Å². The van der Waals surface area contributed by atoms with Gasteiger partial charge in [0.15, 0.2) is 0 Å². The van der Waals surface area contributed by atoms with Gasteiger partial charge in [0, 0.05) is 6.20 Å². The monoisotopic (exact) mass is 215 g/mol. The van der Waals surface area contributed by atoms with Gasteiger partial charge in [0.2, 0.25) is 0 Å². The Balaban J connectivity index is 3.02. The van der Waals surface area contributed by atoms with E-state index in [0.717, 1.165) is 5.56 Å². The molecule has 0 spiro atoms. The first-order valence-corrected chi connectivity index (χ1v) is 4.35. The Morgan fingerprint density at radius 3 is 2.80 bits per heavy atom. The van der Waals surface area contributed by atoms with E-state index in [4.69, 9.17) is 0 Å². The molecule has 1 aromatic heterocycles. The topological polar surface area (TPSA) is 39.2 Å². The smallest absolute Gasteiger partial charge is 0.310 e. The second kappa shape index (κ2) is 4.82. The molecule has 1 aromatic rings. The van der Waals surface area contributed by atoms with Crippen LogP contribution in [0.5, 0.6) is 0 Å². The summed E-state index contributed by atoms with van der Waals surface area (Å²) < 4.78 is 29.4. The summed E-state index contributed by atoms with van der Waals surface area (Å²) in [7, 11) is 1.22. The van der Waals surface area contributed by atoms with Gasteiger partial charge in [-0.3, -0.25) is 9.78 Å². The van der Waals surface area contributed by atoms with E-state index in [1.54, 1.807) is 6.92 Å². The molecular formula is C10H11F2NO2. The number of methoxy groups -OCH3 is 1. The maximum atomic E-state index is 12.5. The molecule has 0 aliphatic heterocycles. The lowest BCUT2D eigenvalue weighted by Gasteiger charge is -2.07. The first-order valence-electron chi connectivity index (χ1n) is 4.35. The third-order valence-electron chi connectivity index (χ3n) is 1.91. The van der Waals surface area contributed by atoms with Crippen molar-refractivity contribution in [3.05, 3.63) is 29.1 Å². The van der Waals surface area contributed by atoms with E-state index in [2.05, 4.69) is 9.72 Å². The molecule has 0 bridgehead atoms. The van der Waals surface area contributed by atoms with E-state index in [0.29, 0.717) is 0 Å². The first kappa shape index (κ1) is 11.6.